The first-order valence-electron chi connectivity index (χ1n) is 10.0. The monoisotopic (exact) mass is 424 g/mol. The summed E-state index contributed by atoms with van der Waals surface area (Å²) in [5.74, 6) is 0.902. The first-order valence-corrected chi connectivity index (χ1v) is 10.0. The van der Waals surface area contributed by atoms with Crippen LogP contribution >= 0.6 is 0 Å². The summed E-state index contributed by atoms with van der Waals surface area (Å²) >= 11 is 0. The van der Waals surface area contributed by atoms with Crippen LogP contribution in [0.1, 0.15) is 37.0 Å². The largest absolute Gasteiger partial charge is 0.494 e. The van der Waals surface area contributed by atoms with Crippen molar-refractivity contribution in [1.29, 1.82) is 0 Å². The zero-order valence-corrected chi connectivity index (χ0v) is 18.0. The van der Waals surface area contributed by atoms with E-state index in [-0.39, 0.29) is 12.1 Å². The molecule has 0 N–H and O–H groups in total. The van der Waals surface area contributed by atoms with Crippen LogP contribution < -0.4 is 14.2 Å². The van der Waals surface area contributed by atoms with E-state index in [1.165, 1.54) is 0 Å². The maximum atomic E-state index is 12.3. The van der Waals surface area contributed by atoms with Crippen LogP contribution in [0.2, 0.25) is 0 Å². The van der Waals surface area contributed by atoms with E-state index in [9.17, 15) is 9.59 Å². The smallest absolute Gasteiger partial charge is 0.343 e. The van der Waals surface area contributed by atoms with E-state index in [0.717, 1.165) is 6.42 Å². The second-order valence-corrected chi connectivity index (χ2v) is 6.97. The highest BCUT2D eigenvalue weighted by Crippen LogP contribution is 2.20. The Labute approximate surface area is 183 Å². The maximum absolute atomic E-state index is 12.3. The fraction of sp³-hybridized carbons (Fsp3) is 0.280. The lowest BCUT2D eigenvalue weighted by molar-refractivity contribution is -0.143. The summed E-state index contributed by atoms with van der Waals surface area (Å²) in [6.45, 7) is 11.5. The van der Waals surface area contributed by atoms with Gasteiger partial charge in [-0.3, -0.25) is 0 Å². The molecule has 2 rings (SSSR count). The van der Waals surface area contributed by atoms with Crippen LogP contribution in [0, 0.1) is 0 Å². The first-order chi connectivity index (χ1) is 14.9. The molecule has 0 saturated heterocycles. The van der Waals surface area contributed by atoms with Crippen molar-refractivity contribution in [3.8, 4) is 17.2 Å². The van der Waals surface area contributed by atoms with Crippen LogP contribution in [-0.2, 0) is 9.53 Å². The summed E-state index contributed by atoms with van der Waals surface area (Å²) in [6.07, 6.45) is 2.87. The van der Waals surface area contributed by atoms with E-state index in [0.29, 0.717) is 48.0 Å². The Morgan fingerprint density at radius 2 is 1.55 bits per heavy atom. The summed E-state index contributed by atoms with van der Waals surface area (Å²) in [6, 6.07) is 13.5. The van der Waals surface area contributed by atoms with E-state index >= 15 is 0 Å². The Balaban J connectivity index is 1.75. The fourth-order valence-electron chi connectivity index (χ4n) is 2.52. The molecule has 0 amide bonds. The topological polar surface area (TPSA) is 71.1 Å². The van der Waals surface area contributed by atoms with Crippen molar-refractivity contribution in [3.63, 3.8) is 0 Å². The molecule has 0 aliphatic heterocycles. The number of carbonyl (C=O) groups excluding carboxylic acids is 2. The zero-order valence-electron chi connectivity index (χ0n) is 18.0. The van der Waals surface area contributed by atoms with Crippen molar-refractivity contribution < 1.29 is 28.5 Å². The molecule has 0 spiro atoms. The Bertz CT molecular complexity index is 883. The van der Waals surface area contributed by atoms with Gasteiger partial charge in [-0.1, -0.05) is 19.2 Å². The summed E-state index contributed by atoms with van der Waals surface area (Å²) in [4.78, 5) is 23.7. The highest BCUT2D eigenvalue weighted by atomic mass is 16.5. The molecule has 0 aromatic heterocycles. The van der Waals surface area contributed by atoms with Crippen molar-refractivity contribution >= 4 is 11.9 Å². The van der Waals surface area contributed by atoms with Gasteiger partial charge in [0.1, 0.15) is 23.9 Å². The first kappa shape index (κ1) is 23.7. The number of carbonyl (C=O) groups is 2. The van der Waals surface area contributed by atoms with Gasteiger partial charge < -0.3 is 18.9 Å². The highest BCUT2D eigenvalue weighted by Gasteiger charge is 2.11. The van der Waals surface area contributed by atoms with Crippen LogP contribution in [0.4, 0.5) is 0 Å². The van der Waals surface area contributed by atoms with E-state index < -0.39 is 5.97 Å². The van der Waals surface area contributed by atoms with Gasteiger partial charge in [0.2, 0.25) is 0 Å². The number of ether oxygens (including phenoxy) is 4. The van der Waals surface area contributed by atoms with E-state index in [1.807, 2.05) is 6.92 Å². The lowest BCUT2D eigenvalue weighted by Crippen LogP contribution is -2.16. The van der Waals surface area contributed by atoms with Crippen LogP contribution in [0.25, 0.3) is 0 Å². The molecule has 0 heterocycles. The van der Waals surface area contributed by atoms with Gasteiger partial charge in [-0.15, -0.1) is 0 Å². The average Bonchev–Trinajstić information content (AvgIpc) is 2.76. The van der Waals surface area contributed by atoms with Crippen molar-refractivity contribution in [3.05, 3.63) is 78.9 Å². The van der Waals surface area contributed by atoms with Crippen LogP contribution in [0.15, 0.2) is 73.3 Å². The standard InChI is InChI=1S/C25H28O6/c1-5-16-28-21-10-8-20(9-11-21)25(27)31-23-14-12-22(13-15-23)29-17-6-7-19(4)30-24(26)18(2)3/h5,8-15,19H,1-2,6-7,16-17H2,3-4H3. The molecule has 2 aromatic carbocycles. The molecule has 164 valence electrons. The molecule has 0 radical (unpaired) electrons. The molecule has 2 aromatic rings. The minimum absolute atomic E-state index is 0.197. The van der Waals surface area contributed by atoms with Gasteiger partial charge in [0.05, 0.1) is 18.3 Å². The minimum Gasteiger partial charge on any atom is -0.494 e. The zero-order chi connectivity index (χ0) is 22.6. The third-order valence-corrected chi connectivity index (χ3v) is 4.17. The van der Waals surface area contributed by atoms with Gasteiger partial charge in [-0.25, -0.2) is 9.59 Å². The Hall–Kier alpha value is -3.54. The molecule has 0 bridgehead atoms. The third-order valence-electron chi connectivity index (χ3n) is 4.17. The molecule has 0 saturated carbocycles. The second kappa shape index (κ2) is 12.2. The molecule has 0 fully saturated rings. The average molecular weight is 424 g/mol. The quantitative estimate of drug-likeness (QED) is 0.155. The van der Waals surface area contributed by atoms with Gasteiger partial charge in [0.15, 0.2) is 0 Å². The molecule has 1 atom stereocenters. The van der Waals surface area contributed by atoms with Crippen LogP contribution in [-0.4, -0.2) is 31.3 Å². The molecule has 31 heavy (non-hydrogen) atoms. The van der Waals surface area contributed by atoms with Gasteiger partial charge >= 0.3 is 11.9 Å². The minimum atomic E-state index is -0.456. The van der Waals surface area contributed by atoms with Crippen molar-refractivity contribution in [2.45, 2.75) is 32.8 Å². The molecule has 1 unspecified atom stereocenters. The van der Waals surface area contributed by atoms with E-state index in [4.69, 9.17) is 18.9 Å². The SMILES string of the molecule is C=CCOc1ccc(C(=O)Oc2ccc(OCCCC(C)OC(=O)C(=C)C)cc2)cc1. The van der Waals surface area contributed by atoms with Crippen LogP contribution in [0.5, 0.6) is 17.2 Å². The molecule has 6 heteroatoms. The van der Waals surface area contributed by atoms with Gasteiger partial charge in [-0.05, 0) is 75.2 Å². The Morgan fingerprint density at radius 1 is 0.968 bits per heavy atom. The lowest BCUT2D eigenvalue weighted by Gasteiger charge is -2.13. The van der Waals surface area contributed by atoms with Gasteiger partial charge in [0.25, 0.3) is 0 Å². The highest BCUT2D eigenvalue weighted by molar-refractivity contribution is 5.91. The summed E-state index contributed by atoms with van der Waals surface area (Å²) in [7, 11) is 0. The molecule has 6 nitrogen and oxygen atoms in total. The number of rotatable bonds is 12. The van der Waals surface area contributed by atoms with Crippen molar-refractivity contribution in [2.24, 2.45) is 0 Å². The lowest BCUT2D eigenvalue weighted by atomic mass is 10.2. The number of benzene rings is 2. The number of hydrogen-bond donors (Lipinski definition) is 0. The Kier molecular flexibility index (Phi) is 9.36. The summed E-state index contributed by atoms with van der Waals surface area (Å²) in [5.41, 5.74) is 0.811. The van der Waals surface area contributed by atoms with E-state index in [2.05, 4.69) is 13.2 Å². The third kappa shape index (κ3) is 8.38. The fourth-order valence-corrected chi connectivity index (χ4v) is 2.52. The normalized spacial score (nSPS) is 11.2. The summed E-state index contributed by atoms with van der Waals surface area (Å²) < 4.78 is 21.7. The number of esters is 2. The van der Waals surface area contributed by atoms with Crippen LogP contribution in [0.3, 0.4) is 0 Å². The van der Waals surface area contributed by atoms with Gasteiger partial charge in [-0.2, -0.15) is 0 Å². The summed E-state index contributed by atoms with van der Waals surface area (Å²) in [5, 5.41) is 0. The molecular formula is C25H28O6. The predicted octanol–water partition coefficient (Wildman–Crippen LogP) is 5.14. The number of hydrogen-bond acceptors (Lipinski definition) is 6. The molecule has 0 aliphatic rings. The molecular weight excluding hydrogens is 396 g/mol. The van der Waals surface area contributed by atoms with E-state index in [1.54, 1.807) is 61.5 Å². The maximum Gasteiger partial charge on any atom is 0.343 e. The molecule has 0 aliphatic carbocycles. The Morgan fingerprint density at radius 3 is 2.16 bits per heavy atom. The van der Waals surface area contributed by atoms with Gasteiger partial charge in [0, 0.05) is 5.57 Å². The predicted molar refractivity (Wildman–Crippen MR) is 119 cm³/mol. The second-order valence-electron chi connectivity index (χ2n) is 6.97. The van der Waals surface area contributed by atoms with Crippen molar-refractivity contribution in [2.75, 3.05) is 13.2 Å². The van der Waals surface area contributed by atoms with Crippen molar-refractivity contribution in [1.82, 2.24) is 0 Å².